The third-order valence-corrected chi connectivity index (χ3v) is 4.47. The van der Waals surface area contributed by atoms with Gasteiger partial charge in [-0.25, -0.2) is 0 Å². The van der Waals surface area contributed by atoms with Crippen LogP contribution in [0.4, 0.5) is 0 Å². The summed E-state index contributed by atoms with van der Waals surface area (Å²) in [5, 5.41) is 9.03. The molecule has 1 unspecified atom stereocenters. The molecule has 3 rings (SSSR count). The van der Waals surface area contributed by atoms with Crippen LogP contribution >= 0.6 is 0 Å². The zero-order chi connectivity index (χ0) is 13.9. The second kappa shape index (κ2) is 5.66. The van der Waals surface area contributed by atoms with Crippen molar-refractivity contribution >= 4 is 5.91 Å². The molecule has 1 atom stereocenters. The van der Waals surface area contributed by atoms with Crippen LogP contribution in [0.5, 0.6) is 0 Å². The lowest BCUT2D eigenvalue weighted by molar-refractivity contribution is -0.134. The monoisotopic (exact) mass is 268 g/mol. The van der Waals surface area contributed by atoms with Crippen molar-refractivity contribution in [1.29, 1.82) is 5.26 Å². The fourth-order valence-electron chi connectivity index (χ4n) is 3.28. The van der Waals surface area contributed by atoms with Gasteiger partial charge in [-0.15, -0.1) is 0 Å². The highest BCUT2D eigenvalue weighted by Gasteiger charge is 2.25. The van der Waals surface area contributed by atoms with Gasteiger partial charge >= 0.3 is 0 Å². The minimum atomic E-state index is 0.00493. The van der Waals surface area contributed by atoms with Gasteiger partial charge in [0.2, 0.25) is 5.91 Å². The van der Waals surface area contributed by atoms with Gasteiger partial charge in [0.1, 0.15) is 0 Å². The van der Waals surface area contributed by atoms with E-state index in [2.05, 4.69) is 24.3 Å². The average Bonchev–Trinajstić information content (AvgIpc) is 2.49. The van der Waals surface area contributed by atoms with E-state index in [0.29, 0.717) is 19.5 Å². The van der Waals surface area contributed by atoms with Gasteiger partial charge in [-0.3, -0.25) is 4.79 Å². The molecular weight excluding hydrogens is 248 g/mol. The molecule has 0 radical (unpaired) electrons. The summed E-state index contributed by atoms with van der Waals surface area (Å²) in [5.41, 5.74) is 4.13. The molecule has 1 aromatic rings. The number of nitrogens with zero attached hydrogens (tertiary/aromatic N) is 2. The van der Waals surface area contributed by atoms with E-state index in [0.717, 1.165) is 12.8 Å². The van der Waals surface area contributed by atoms with Crippen molar-refractivity contribution in [2.24, 2.45) is 5.92 Å². The van der Waals surface area contributed by atoms with Crippen molar-refractivity contribution in [3.63, 3.8) is 0 Å². The molecule has 0 saturated carbocycles. The average molecular weight is 268 g/mol. The Morgan fingerprint density at radius 1 is 1.20 bits per heavy atom. The molecule has 1 amide bonds. The number of likely N-dealkylation sites (tertiary alicyclic amines) is 1. The summed E-state index contributed by atoms with van der Waals surface area (Å²) in [6.45, 7) is 1.25. The number of hydrogen-bond acceptors (Lipinski definition) is 2. The van der Waals surface area contributed by atoms with Crippen LogP contribution in [-0.2, 0) is 24.2 Å². The minimum Gasteiger partial charge on any atom is -0.337 e. The van der Waals surface area contributed by atoms with Crippen LogP contribution in [0.2, 0.25) is 0 Å². The largest absolute Gasteiger partial charge is 0.337 e. The fraction of sp³-hybridized carbons (Fsp3) is 0.529. The van der Waals surface area contributed by atoms with Crippen LogP contribution in [-0.4, -0.2) is 17.4 Å². The van der Waals surface area contributed by atoms with Crippen LogP contribution in [0, 0.1) is 17.2 Å². The molecule has 1 aliphatic heterocycles. The number of aryl methyl sites for hydroxylation is 2. The van der Waals surface area contributed by atoms with E-state index in [9.17, 15) is 4.79 Å². The number of rotatable bonds is 2. The number of amides is 1. The fourth-order valence-corrected chi connectivity index (χ4v) is 3.28. The Labute approximate surface area is 120 Å². The molecule has 2 aliphatic rings. The smallest absolute Gasteiger partial charge is 0.222 e. The summed E-state index contributed by atoms with van der Waals surface area (Å²) in [6.07, 6.45) is 6.16. The van der Waals surface area contributed by atoms with Crippen molar-refractivity contribution in [3.8, 4) is 6.07 Å². The summed E-state index contributed by atoms with van der Waals surface area (Å²) in [7, 11) is 0. The number of benzene rings is 1. The number of hydrogen-bond donors (Lipinski definition) is 0. The lowest BCUT2D eigenvalue weighted by Crippen LogP contribution is -2.39. The van der Waals surface area contributed by atoms with E-state index in [1.165, 1.54) is 36.0 Å². The number of fused-ring (bicyclic) bond motifs is 1. The third kappa shape index (κ3) is 2.70. The van der Waals surface area contributed by atoms with Crippen molar-refractivity contribution in [3.05, 3.63) is 34.9 Å². The minimum absolute atomic E-state index is 0.00493. The van der Waals surface area contributed by atoms with Gasteiger partial charge in [-0.1, -0.05) is 18.2 Å². The number of piperidine rings is 1. The Morgan fingerprint density at radius 3 is 2.80 bits per heavy atom. The van der Waals surface area contributed by atoms with Gasteiger partial charge in [0.25, 0.3) is 0 Å². The molecule has 104 valence electrons. The van der Waals surface area contributed by atoms with Crippen molar-refractivity contribution in [2.75, 3.05) is 6.54 Å². The molecule has 0 aromatic heterocycles. The van der Waals surface area contributed by atoms with E-state index in [-0.39, 0.29) is 11.8 Å². The molecule has 1 heterocycles. The van der Waals surface area contributed by atoms with Crippen LogP contribution < -0.4 is 0 Å². The third-order valence-electron chi connectivity index (χ3n) is 4.47. The second-order valence-corrected chi connectivity index (χ2v) is 5.95. The maximum atomic E-state index is 12.0. The first-order chi connectivity index (χ1) is 9.76. The zero-order valence-electron chi connectivity index (χ0n) is 11.8. The number of nitriles is 1. The standard InChI is InChI=1S/C17H20N2O/c18-10-14-6-8-17(20)19(12-14)11-13-5-7-15-3-1-2-4-16(15)9-13/h5,7,9,14H,1-4,6,8,11-12H2. The van der Waals surface area contributed by atoms with E-state index in [1.54, 1.807) is 0 Å². The molecule has 1 aliphatic carbocycles. The molecule has 3 nitrogen and oxygen atoms in total. The predicted octanol–water partition coefficient (Wildman–Crippen LogP) is 2.83. The molecule has 1 fully saturated rings. The lowest BCUT2D eigenvalue weighted by atomic mass is 9.90. The Kier molecular flexibility index (Phi) is 3.73. The van der Waals surface area contributed by atoms with Crippen LogP contribution in [0.15, 0.2) is 18.2 Å². The zero-order valence-corrected chi connectivity index (χ0v) is 11.8. The first-order valence-electron chi connectivity index (χ1n) is 7.54. The molecule has 0 bridgehead atoms. The Morgan fingerprint density at radius 2 is 2.00 bits per heavy atom. The van der Waals surface area contributed by atoms with E-state index >= 15 is 0 Å². The number of carbonyl (C=O) groups excluding carboxylic acids is 1. The summed E-state index contributed by atoms with van der Waals surface area (Å²) in [5.74, 6) is 0.194. The summed E-state index contributed by atoms with van der Waals surface area (Å²) in [4.78, 5) is 13.8. The summed E-state index contributed by atoms with van der Waals surface area (Å²) in [6, 6.07) is 8.93. The highest BCUT2D eigenvalue weighted by Crippen LogP contribution is 2.24. The van der Waals surface area contributed by atoms with Crippen molar-refractivity contribution < 1.29 is 4.79 Å². The molecular formula is C17H20N2O. The molecule has 0 spiro atoms. The molecule has 20 heavy (non-hydrogen) atoms. The Hall–Kier alpha value is -1.82. The predicted molar refractivity (Wildman–Crippen MR) is 76.8 cm³/mol. The summed E-state index contributed by atoms with van der Waals surface area (Å²) >= 11 is 0. The molecule has 1 aromatic carbocycles. The highest BCUT2D eigenvalue weighted by molar-refractivity contribution is 5.77. The summed E-state index contributed by atoms with van der Waals surface area (Å²) < 4.78 is 0. The van der Waals surface area contributed by atoms with Gasteiger partial charge in [0.05, 0.1) is 12.0 Å². The quantitative estimate of drug-likeness (QED) is 0.828. The van der Waals surface area contributed by atoms with Crippen LogP contribution in [0.25, 0.3) is 0 Å². The van der Waals surface area contributed by atoms with Gasteiger partial charge < -0.3 is 4.90 Å². The van der Waals surface area contributed by atoms with Gasteiger partial charge in [-0.05, 0) is 48.8 Å². The van der Waals surface area contributed by atoms with Crippen LogP contribution in [0.1, 0.15) is 42.4 Å². The second-order valence-electron chi connectivity index (χ2n) is 5.95. The van der Waals surface area contributed by atoms with Gasteiger partial charge in [0.15, 0.2) is 0 Å². The van der Waals surface area contributed by atoms with Crippen molar-refractivity contribution in [1.82, 2.24) is 4.90 Å². The topological polar surface area (TPSA) is 44.1 Å². The normalized spacial score (nSPS) is 22.2. The lowest BCUT2D eigenvalue weighted by Gasteiger charge is -2.30. The molecule has 0 N–H and O–H groups in total. The molecule has 1 saturated heterocycles. The SMILES string of the molecule is N#CC1CCC(=O)N(Cc2ccc3c(c2)CCCC3)C1. The van der Waals surface area contributed by atoms with Crippen molar-refractivity contribution in [2.45, 2.75) is 45.1 Å². The number of carbonyl (C=O) groups is 1. The molecule has 3 heteroatoms. The first-order valence-corrected chi connectivity index (χ1v) is 7.54. The maximum absolute atomic E-state index is 12.0. The van der Waals surface area contributed by atoms with Gasteiger partial charge in [0, 0.05) is 19.5 Å². The van der Waals surface area contributed by atoms with E-state index < -0.39 is 0 Å². The first kappa shape index (κ1) is 13.2. The van der Waals surface area contributed by atoms with E-state index in [4.69, 9.17) is 5.26 Å². The van der Waals surface area contributed by atoms with Crippen LogP contribution in [0.3, 0.4) is 0 Å². The Bertz CT molecular complexity index is 559. The van der Waals surface area contributed by atoms with E-state index in [1.807, 2.05) is 4.90 Å². The maximum Gasteiger partial charge on any atom is 0.222 e. The van der Waals surface area contributed by atoms with Gasteiger partial charge in [-0.2, -0.15) is 5.26 Å². The Balaban J connectivity index is 1.73. The highest BCUT2D eigenvalue weighted by atomic mass is 16.2.